The molecular formula is C28H34N4O3. The fourth-order valence-electron chi connectivity index (χ4n) is 4.06. The van der Waals surface area contributed by atoms with Gasteiger partial charge in [0.25, 0.3) is 0 Å². The van der Waals surface area contributed by atoms with Gasteiger partial charge in [-0.25, -0.2) is 9.78 Å². The summed E-state index contributed by atoms with van der Waals surface area (Å²) in [6.45, 7) is 9.02. The van der Waals surface area contributed by atoms with E-state index in [0.717, 1.165) is 30.7 Å². The standard InChI is InChI=1S/C28H34N4O3/c1-5-29-27(33)31-26-18-24(13-14-30-26)34-23-11-9-19-10-12-25(16-20(19)15-23)35-32-22-8-6-7-21(17-22)28(2,3)4/h6-9,11,13-15,17-18,25,32H,5,10,12,16H2,1-4H3,(H2,29,30,31,33). The highest BCUT2D eigenvalue weighted by atomic mass is 16.7. The number of aromatic nitrogens is 1. The zero-order valence-electron chi connectivity index (χ0n) is 20.9. The molecule has 7 nitrogen and oxygen atoms in total. The number of pyridine rings is 1. The molecule has 0 fully saturated rings. The number of carbonyl (C=O) groups excluding carboxylic acids is 1. The third kappa shape index (κ3) is 6.73. The van der Waals surface area contributed by atoms with Crippen molar-refractivity contribution in [2.75, 3.05) is 17.3 Å². The number of rotatable bonds is 7. The van der Waals surface area contributed by atoms with Crippen molar-refractivity contribution in [2.24, 2.45) is 0 Å². The van der Waals surface area contributed by atoms with Crippen LogP contribution in [0.25, 0.3) is 0 Å². The van der Waals surface area contributed by atoms with Crippen LogP contribution in [-0.2, 0) is 23.1 Å². The lowest BCUT2D eigenvalue weighted by molar-refractivity contribution is 0.0882. The summed E-state index contributed by atoms with van der Waals surface area (Å²) in [4.78, 5) is 22.0. The van der Waals surface area contributed by atoms with E-state index in [-0.39, 0.29) is 17.6 Å². The van der Waals surface area contributed by atoms with Gasteiger partial charge in [-0.05, 0) is 72.2 Å². The normalized spacial score (nSPS) is 15.1. The summed E-state index contributed by atoms with van der Waals surface area (Å²) >= 11 is 0. The molecule has 3 N–H and O–H groups in total. The molecule has 1 unspecified atom stereocenters. The molecule has 1 aromatic heterocycles. The number of ether oxygens (including phenoxy) is 1. The van der Waals surface area contributed by atoms with Crippen LogP contribution in [0.1, 0.15) is 50.8 Å². The Morgan fingerprint density at radius 1 is 1.06 bits per heavy atom. The van der Waals surface area contributed by atoms with Gasteiger partial charge in [0.15, 0.2) is 0 Å². The number of amides is 2. The van der Waals surface area contributed by atoms with E-state index in [4.69, 9.17) is 9.57 Å². The zero-order chi connectivity index (χ0) is 24.8. The van der Waals surface area contributed by atoms with Crippen LogP contribution in [0, 0.1) is 0 Å². The summed E-state index contributed by atoms with van der Waals surface area (Å²) in [6, 6.07) is 17.7. The van der Waals surface area contributed by atoms with E-state index in [2.05, 4.69) is 72.2 Å². The number of anilines is 2. The molecule has 1 atom stereocenters. The highest BCUT2D eigenvalue weighted by Gasteiger charge is 2.21. The largest absolute Gasteiger partial charge is 0.457 e. The van der Waals surface area contributed by atoms with E-state index in [1.807, 2.05) is 19.1 Å². The Bertz CT molecular complexity index is 1170. The van der Waals surface area contributed by atoms with Gasteiger partial charge in [0.2, 0.25) is 0 Å². The Morgan fingerprint density at radius 3 is 2.69 bits per heavy atom. The molecule has 0 saturated heterocycles. The van der Waals surface area contributed by atoms with Gasteiger partial charge in [-0.15, -0.1) is 0 Å². The van der Waals surface area contributed by atoms with Crippen LogP contribution >= 0.6 is 0 Å². The molecule has 1 aliphatic carbocycles. The Hall–Kier alpha value is -3.58. The number of benzene rings is 2. The number of nitrogens with zero attached hydrogens (tertiary/aromatic N) is 1. The van der Waals surface area contributed by atoms with Gasteiger partial charge >= 0.3 is 6.03 Å². The SMILES string of the molecule is CCNC(=O)Nc1cc(Oc2ccc3c(c2)CC(ONc2cccc(C(C)(C)C)c2)CC3)ccn1. The molecule has 0 aliphatic heterocycles. The summed E-state index contributed by atoms with van der Waals surface area (Å²) in [6.07, 6.45) is 4.40. The number of urea groups is 1. The lowest BCUT2D eigenvalue weighted by Crippen LogP contribution is -2.28. The van der Waals surface area contributed by atoms with Crippen LogP contribution in [0.3, 0.4) is 0 Å². The van der Waals surface area contributed by atoms with E-state index in [9.17, 15) is 4.79 Å². The third-order valence-electron chi connectivity index (χ3n) is 5.98. The first-order chi connectivity index (χ1) is 16.8. The van der Waals surface area contributed by atoms with Gasteiger partial charge in [0.1, 0.15) is 17.3 Å². The predicted octanol–water partition coefficient (Wildman–Crippen LogP) is 6.21. The van der Waals surface area contributed by atoms with E-state index in [1.165, 1.54) is 16.7 Å². The summed E-state index contributed by atoms with van der Waals surface area (Å²) in [5.41, 5.74) is 8.03. The molecule has 0 saturated carbocycles. The van der Waals surface area contributed by atoms with Crippen LogP contribution in [0.2, 0.25) is 0 Å². The summed E-state index contributed by atoms with van der Waals surface area (Å²) in [5.74, 6) is 1.78. The Labute approximate surface area is 207 Å². The topological polar surface area (TPSA) is 84.5 Å². The highest BCUT2D eigenvalue weighted by molar-refractivity contribution is 5.88. The molecule has 2 amide bonds. The number of aryl methyl sites for hydroxylation is 1. The molecule has 0 bridgehead atoms. The second-order valence-electron chi connectivity index (χ2n) is 9.81. The molecule has 0 spiro atoms. The molecule has 0 radical (unpaired) electrons. The molecular weight excluding hydrogens is 440 g/mol. The molecule has 35 heavy (non-hydrogen) atoms. The van der Waals surface area contributed by atoms with Gasteiger partial charge in [-0.3, -0.25) is 15.6 Å². The van der Waals surface area contributed by atoms with Crippen LogP contribution < -0.4 is 20.9 Å². The number of fused-ring (bicyclic) bond motifs is 1. The van der Waals surface area contributed by atoms with Gasteiger partial charge < -0.3 is 10.1 Å². The average Bonchev–Trinajstić information content (AvgIpc) is 2.82. The van der Waals surface area contributed by atoms with E-state index in [0.29, 0.717) is 18.1 Å². The van der Waals surface area contributed by atoms with Crippen LogP contribution in [0.5, 0.6) is 11.5 Å². The van der Waals surface area contributed by atoms with Crippen molar-refractivity contribution in [2.45, 2.75) is 58.5 Å². The lowest BCUT2D eigenvalue weighted by atomic mass is 9.87. The molecule has 2 aromatic carbocycles. The minimum atomic E-state index is -0.296. The van der Waals surface area contributed by atoms with Crippen molar-refractivity contribution in [1.82, 2.24) is 10.3 Å². The first-order valence-corrected chi connectivity index (χ1v) is 12.1. The quantitative estimate of drug-likeness (QED) is 0.354. The van der Waals surface area contributed by atoms with Crippen LogP contribution in [-0.4, -0.2) is 23.7 Å². The van der Waals surface area contributed by atoms with Gasteiger partial charge in [0.05, 0.1) is 11.8 Å². The summed E-state index contributed by atoms with van der Waals surface area (Å²) in [7, 11) is 0. The maximum atomic E-state index is 11.8. The Balaban J connectivity index is 1.38. The number of hydrogen-bond donors (Lipinski definition) is 3. The number of hydrogen-bond acceptors (Lipinski definition) is 5. The van der Waals surface area contributed by atoms with Crippen molar-refractivity contribution in [3.8, 4) is 11.5 Å². The monoisotopic (exact) mass is 474 g/mol. The second kappa shape index (κ2) is 10.8. The first kappa shape index (κ1) is 24.5. The molecule has 1 aliphatic rings. The highest BCUT2D eigenvalue weighted by Crippen LogP contribution is 2.30. The molecule has 4 rings (SSSR count). The fraction of sp³-hybridized carbons (Fsp3) is 0.357. The van der Waals surface area contributed by atoms with Crippen LogP contribution in [0.15, 0.2) is 60.8 Å². The third-order valence-corrected chi connectivity index (χ3v) is 5.98. The zero-order valence-corrected chi connectivity index (χ0v) is 20.9. The van der Waals surface area contributed by atoms with Gasteiger partial charge in [-0.2, -0.15) is 0 Å². The first-order valence-electron chi connectivity index (χ1n) is 12.1. The average molecular weight is 475 g/mol. The molecule has 3 aromatic rings. The second-order valence-corrected chi connectivity index (χ2v) is 9.81. The van der Waals surface area contributed by atoms with Crippen molar-refractivity contribution in [3.05, 3.63) is 77.5 Å². The lowest BCUT2D eigenvalue weighted by Gasteiger charge is -2.26. The maximum Gasteiger partial charge on any atom is 0.320 e. The van der Waals surface area contributed by atoms with E-state index >= 15 is 0 Å². The number of carbonyl (C=O) groups is 1. The predicted molar refractivity (Wildman–Crippen MR) is 139 cm³/mol. The minimum absolute atomic E-state index is 0.0739. The van der Waals surface area contributed by atoms with E-state index < -0.39 is 0 Å². The summed E-state index contributed by atoms with van der Waals surface area (Å²) in [5, 5.41) is 5.38. The van der Waals surface area contributed by atoms with Crippen molar-refractivity contribution < 1.29 is 14.4 Å². The Morgan fingerprint density at radius 2 is 1.89 bits per heavy atom. The van der Waals surface area contributed by atoms with Crippen LogP contribution in [0.4, 0.5) is 16.3 Å². The smallest absolute Gasteiger partial charge is 0.320 e. The van der Waals surface area contributed by atoms with Crippen molar-refractivity contribution in [3.63, 3.8) is 0 Å². The Kier molecular flexibility index (Phi) is 7.56. The molecule has 7 heteroatoms. The van der Waals surface area contributed by atoms with Gasteiger partial charge in [0, 0.05) is 25.2 Å². The molecule has 184 valence electrons. The van der Waals surface area contributed by atoms with E-state index in [1.54, 1.807) is 18.3 Å². The fourth-order valence-corrected chi connectivity index (χ4v) is 4.06. The number of nitrogens with one attached hydrogen (secondary N) is 3. The summed E-state index contributed by atoms with van der Waals surface area (Å²) < 4.78 is 6.07. The van der Waals surface area contributed by atoms with Crippen molar-refractivity contribution in [1.29, 1.82) is 0 Å². The minimum Gasteiger partial charge on any atom is -0.457 e. The molecule has 1 heterocycles. The van der Waals surface area contributed by atoms with Gasteiger partial charge in [-0.1, -0.05) is 39.0 Å². The maximum absolute atomic E-state index is 11.8. The van der Waals surface area contributed by atoms with Crippen molar-refractivity contribution >= 4 is 17.5 Å².